The van der Waals surface area contributed by atoms with E-state index in [2.05, 4.69) is 16.0 Å². The summed E-state index contributed by atoms with van der Waals surface area (Å²) >= 11 is 1.47. The standard InChI is InChI=1S/C12H14N2OS/c1-7-4-5-10-11(6-7)14-12(13-10)16-9(3)8(2)15/h4-6,9H,1-3H3,(H,13,14). The van der Waals surface area contributed by atoms with Gasteiger partial charge in [-0.2, -0.15) is 0 Å². The molecule has 1 unspecified atom stereocenters. The number of aryl methyl sites for hydroxylation is 1. The fraction of sp³-hybridized carbons (Fsp3) is 0.333. The van der Waals surface area contributed by atoms with Gasteiger partial charge in [-0.05, 0) is 38.5 Å². The van der Waals surface area contributed by atoms with Crippen LogP contribution in [0.4, 0.5) is 0 Å². The van der Waals surface area contributed by atoms with Gasteiger partial charge in [0.05, 0.1) is 16.3 Å². The van der Waals surface area contributed by atoms with E-state index in [1.165, 1.54) is 17.3 Å². The minimum Gasteiger partial charge on any atom is -0.333 e. The van der Waals surface area contributed by atoms with E-state index in [-0.39, 0.29) is 11.0 Å². The fourth-order valence-corrected chi connectivity index (χ4v) is 2.23. The van der Waals surface area contributed by atoms with Crippen LogP contribution in [-0.2, 0) is 4.79 Å². The van der Waals surface area contributed by atoms with Gasteiger partial charge in [-0.1, -0.05) is 17.8 Å². The van der Waals surface area contributed by atoms with Crippen molar-refractivity contribution in [2.24, 2.45) is 0 Å². The second kappa shape index (κ2) is 4.29. The number of H-pyrrole nitrogens is 1. The van der Waals surface area contributed by atoms with Gasteiger partial charge in [-0.25, -0.2) is 4.98 Å². The van der Waals surface area contributed by atoms with Crippen LogP contribution in [0.2, 0.25) is 0 Å². The molecule has 0 bridgehead atoms. The molecule has 2 rings (SSSR count). The molecule has 16 heavy (non-hydrogen) atoms. The summed E-state index contributed by atoms with van der Waals surface area (Å²) in [6.45, 7) is 5.54. The molecule has 1 aromatic carbocycles. The maximum atomic E-state index is 11.2. The monoisotopic (exact) mass is 234 g/mol. The summed E-state index contributed by atoms with van der Waals surface area (Å²) < 4.78 is 0. The number of ketones is 1. The smallest absolute Gasteiger partial charge is 0.167 e. The highest BCUT2D eigenvalue weighted by Gasteiger charge is 2.12. The van der Waals surface area contributed by atoms with Crippen molar-refractivity contribution < 1.29 is 4.79 Å². The molecule has 4 heteroatoms. The number of carbonyl (C=O) groups excluding carboxylic acids is 1. The van der Waals surface area contributed by atoms with E-state index in [4.69, 9.17) is 0 Å². The normalized spacial score (nSPS) is 12.9. The SMILES string of the molecule is CC(=O)C(C)Sc1nc2ccc(C)cc2[nH]1. The molecule has 0 aliphatic heterocycles. The minimum absolute atomic E-state index is 0.0540. The first-order chi connectivity index (χ1) is 7.56. The Labute approximate surface area is 98.7 Å². The lowest BCUT2D eigenvalue weighted by molar-refractivity contribution is -0.116. The van der Waals surface area contributed by atoms with Crippen molar-refractivity contribution in [1.29, 1.82) is 0 Å². The maximum absolute atomic E-state index is 11.2. The van der Waals surface area contributed by atoms with Crippen LogP contribution >= 0.6 is 11.8 Å². The van der Waals surface area contributed by atoms with E-state index in [0.29, 0.717) is 0 Å². The van der Waals surface area contributed by atoms with Gasteiger partial charge in [0.25, 0.3) is 0 Å². The lowest BCUT2D eigenvalue weighted by atomic mass is 10.2. The number of fused-ring (bicyclic) bond motifs is 1. The lowest BCUT2D eigenvalue weighted by Crippen LogP contribution is -2.07. The number of Topliss-reactive ketones (excluding diaryl/α,β-unsaturated/α-hetero) is 1. The first-order valence-corrected chi connectivity index (χ1v) is 6.07. The van der Waals surface area contributed by atoms with Crippen LogP contribution in [0.15, 0.2) is 23.4 Å². The molecule has 0 aliphatic rings. The predicted molar refractivity (Wildman–Crippen MR) is 66.8 cm³/mol. The van der Waals surface area contributed by atoms with Crippen LogP contribution in [0.3, 0.4) is 0 Å². The highest BCUT2D eigenvalue weighted by molar-refractivity contribution is 8.00. The van der Waals surface area contributed by atoms with E-state index in [9.17, 15) is 4.79 Å². The molecule has 84 valence electrons. The minimum atomic E-state index is -0.0540. The second-order valence-electron chi connectivity index (χ2n) is 3.93. The number of thioether (sulfide) groups is 1. The topological polar surface area (TPSA) is 45.8 Å². The number of hydrogen-bond donors (Lipinski definition) is 1. The first kappa shape index (κ1) is 11.2. The molecule has 2 aromatic rings. The van der Waals surface area contributed by atoms with Crippen LogP contribution in [0.25, 0.3) is 11.0 Å². The average molecular weight is 234 g/mol. The molecule has 0 radical (unpaired) electrons. The number of hydrogen-bond acceptors (Lipinski definition) is 3. The van der Waals surface area contributed by atoms with Gasteiger partial charge in [0.15, 0.2) is 5.16 Å². The molecular weight excluding hydrogens is 220 g/mol. The number of benzene rings is 1. The summed E-state index contributed by atoms with van der Waals surface area (Å²) in [5.74, 6) is 0.168. The molecule has 1 atom stereocenters. The summed E-state index contributed by atoms with van der Waals surface area (Å²) in [4.78, 5) is 18.8. The maximum Gasteiger partial charge on any atom is 0.167 e. The summed E-state index contributed by atoms with van der Waals surface area (Å²) in [6, 6.07) is 6.08. The molecular formula is C12H14N2OS. The van der Waals surface area contributed by atoms with E-state index in [1.807, 2.05) is 26.0 Å². The molecule has 1 N–H and O–H groups in total. The van der Waals surface area contributed by atoms with Gasteiger partial charge < -0.3 is 4.98 Å². The summed E-state index contributed by atoms with van der Waals surface area (Å²) in [7, 11) is 0. The van der Waals surface area contributed by atoms with Crippen LogP contribution in [-0.4, -0.2) is 21.0 Å². The third-order valence-electron chi connectivity index (χ3n) is 2.48. The Morgan fingerprint density at radius 1 is 1.50 bits per heavy atom. The number of aromatic nitrogens is 2. The molecule has 0 saturated carbocycles. The molecule has 3 nitrogen and oxygen atoms in total. The zero-order chi connectivity index (χ0) is 11.7. The number of aromatic amines is 1. The van der Waals surface area contributed by atoms with E-state index in [0.717, 1.165) is 16.2 Å². The Morgan fingerprint density at radius 2 is 2.25 bits per heavy atom. The fourth-order valence-electron chi connectivity index (χ4n) is 1.41. The Balaban J connectivity index is 2.29. The van der Waals surface area contributed by atoms with Crippen molar-refractivity contribution in [3.63, 3.8) is 0 Å². The van der Waals surface area contributed by atoms with Gasteiger partial charge in [-0.15, -0.1) is 0 Å². The van der Waals surface area contributed by atoms with Crippen LogP contribution in [0, 0.1) is 6.92 Å². The van der Waals surface area contributed by atoms with E-state index < -0.39 is 0 Å². The zero-order valence-electron chi connectivity index (χ0n) is 9.57. The summed E-state index contributed by atoms with van der Waals surface area (Å²) in [5, 5.41) is 0.755. The number of nitrogens with one attached hydrogen (secondary N) is 1. The molecule has 0 aliphatic carbocycles. The Hall–Kier alpha value is -1.29. The van der Waals surface area contributed by atoms with Gasteiger partial charge in [0.1, 0.15) is 5.78 Å². The third kappa shape index (κ3) is 2.27. The van der Waals surface area contributed by atoms with Crippen LogP contribution < -0.4 is 0 Å². The van der Waals surface area contributed by atoms with Crippen molar-refractivity contribution in [2.75, 3.05) is 0 Å². The molecule has 0 fully saturated rings. The molecule has 0 saturated heterocycles. The third-order valence-corrected chi connectivity index (χ3v) is 3.58. The van der Waals surface area contributed by atoms with Crippen molar-refractivity contribution >= 4 is 28.6 Å². The summed E-state index contributed by atoms with van der Waals surface area (Å²) in [6.07, 6.45) is 0. The Morgan fingerprint density at radius 3 is 2.94 bits per heavy atom. The van der Waals surface area contributed by atoms with E-state index >= 15 is 0 Å². The van der Waals surface area contributed by atoms with Gasteiger partial charge in [0, 0.05) is 0 Å². The molecule has 1 heterocycles. The second-order valence-corrected chi connectivity index (χ2v) is 5.26. The molecule has 1 aromatic heterocycles. The Bertz CT molecular complexity index is 533. The highest BCUT2D eigenvalue weighted by atomic mass is 32.2. The van der Waals surface area contributed by atoms with Crippen molar-refractivity contribution in [1.82, 2.24) is 9.97 Å². The molecule has 0 spiro atoms. The zero-order valence-corrected chi connectivity index (χ0v) is 10.4. The first-order valence-electron chi connectivity index (χ1n) is 5.20. The van der Waals surface area contributed by atoms with Gasteiger partial charge >= 0.3 is 0 Å². The van der Waals surface area contributed by atoms with Crippen LogP contribution in [0.1, 0.15) is 19.4 Å². The number of carbonyl (C=O) groups is 1. The predicted octanol–water partition coefficient (Wildman–Crippen LogP) is 2.94. The number of imidazole rings is 1. The highest BCUT2D eigenvalue weighted by Crippen LogP contribution is 2.24. The van der Waals surface area contributed by atoms with Crippen LogP contribution in [0.5, 0.6) is 0 Å². The average Bonchev–Trinajstić information content (AvgIpc) is 2.58. The molecule has 0 amide bonds. The quantitative estimate of drug-likeness (QED) is 0.830. The number of nitrogens with zero attached hydrogens (tertiary/aromatic N) is 1. The van der Waals surface area contributed by atoms with Gasteiger partial charge in [0.2, 0.25) is 0 Å². The number of rotatable bonds is 3. The Kier molecular flexibility index (Phi) is 3.01. The van der Waals surface area contributed by atoms with E-state index in [1.54, 1.807) is 6.92 Å². The lowest BCUT2D eigenvalue weighted by Gasteiger charge is -2.02. The van der Waals surface area contributed by atoms with Crippen molar-refractivity contribution in [2.45, 2.75) is 31.2 Å². The van der Waals surface area contributed by atoms with Crippen molar-refractivity contribution in [3.8, 4) is 0 Å². The summed E-state index contributed by atoms with van der Waals surface area (Å²) in [5.41, 5.74) is 3.18. The van der Waals surface area contributed by atoms with Crippen molar-refractivity contribution in [3.05, 3.63) is 23.8 Å². The largest absolute Gasteiger partial charge is 0.333 e. The van der Waals surface area contributed by atoms with Gasteiger partial charge in [-0.3, -0.25) is 4.79 Å².